The molecule has 5 nitrogen and oxygen atoms in total. The molecule has 1 unspecified atom stereocenters. The van der Waals surface area contributed by atoms with E-state index in [-0.39, 0.29) is 12.5 Å². The molecule has 1 aromatic heterocycles. The van der Waals surface area contributed by atoms with Crippen LogP contribution in [0.4, 0.5) is 0 Å². The van der Waals surface area contributed by atoms with Crippen molar-refractivity contribution >= 4 is 17.2 Å². The highest BCUT2D eigenvalue weighted by Gasteiger charge is 2.24. The number of nitrogens with two attached hydrogens (primary N) is 1. The fourth-order valence-electron chi connectivity index (χ4n) is 1.09. The summed E-state index contributed by atoms with van der Waals surface area (Å²) in [6, 6.07) is 0. The number of hydrogen-bond donors (Lipinski definition) is 3. The number of aliphatic hydroxyl groups excluding tert-OH is 1. The first-order valence-electron chi connectivity index (χ1n) is 5.12. The second-order valence-electron chi connectivity index (χ2n) is 3.86. The zero-order valence-corrected chi connectivity index (χ0v) is 10.3. The lowest BCUT2D eigenvalue weighted by Gasteiger charge is -2.26. The van der Waals surface area contributed by atoms with Gasteiger partial charge < -0.3 is 16.2 Å². The van der Waals surface area contributed by atoms with E-state index in [9.17, 15) is 9.90 Å². The first kappa shape index (κ1) is 13.1. The number of nitrogens with one attached hydrogen (secondary N) is 1. The Kier molecular flexibility index (Phi) is 4.40. The number of amides is 1. The van der Waals surface area contributed by atoms with Crippen LogP contribution in [0.25, 0.3) is 0 Å². The summed E-state index contributed by atoms with van der Waals surface area (Å²) in [5, 5.41) is 14.3. The van der Waals surface area contributed by atoms with E-state index < -0.39 is 5.54 Å². The Bertz CT molecular complexity index is 361. The van der Waals surface area contributed by atoms with Gasteiger partial charge >= 0.3 is 0 Å². The summed E-state index contributed by atoms with van der Waals surface area (Å²) in [6.45, 7) is 3.94. The first-order valence-corrected chi connectivity index (χ1v) is 6.00. The Morgan fingerprint density at radius 3 is 2.88 bits per heavy atom. The van der Waals surface area contributed by atoms with Crippen molar-refractivity contribution in [2.45, 2.75) is 32.4 Å². The van der Waals surface area contributed by atoms with Gasteiger partial charge in [-0.15, -0.1) is 11.3 Å². The zero-order valence-electron chi connectivity index (χ0n) is 9.49. The number of carbonyl (C=O) groups is 1. The number of aromatic nitrogens is 1. The Balaban J connectivity index is 2.71. The van der Waals surface area contributed by atoms with Gasteiger partial charge in [0.2, 0.25) is 0 Å². The maximum absolute atomic E-state index is 11.8. The Hall–Kier alpha value is -0.980. The van der Waals surface area contributed by atoms with E-state index in [0.717, 1.165) is 5.01 Å². The predicted molar refractivity (Wildman–Crippen MR) is 63.3 cm³/mol. The third-order valence-electron chi connectivity index (χ3n) is 2.50. The summed E-state index contributed by atoms with van der Waals surface area (Å²) in [7, 11) is 0. The van der Waals surface area contributed by atoms with Gasteiger partial charge in [0.25, 0.3) is 5.91 Å². The minimum absolute atomic E-state index is 0.0941. The maximum atomic E-state index is 11.8. The maximum Gasteiger partial charge on any atom is 0.271 e. The van der Waals surface area contributed by atoms with E-state index in [4.69, 9.17) is 5.73 Å². The van der Waals surface area contributed by atoms with Crippen LogP contribution in [0, 0.1) is 0 Å². The lowest BCUT2D eigenvalue weighted by Crippen LogP contribution is -2.48. The van der Waals surface area contributed by atoms with Crippen LogP contribution in [0.2, 0.25) is 0 Å². The van der Waals surface area contributed by atoms with Crippen LogP contribution >= 0.6 is 11.3 Å². The lowest BCUT2D eigenvalue weighted by molar-refractivity contribution is 0.0843. The smallest absolute Gasteiger partial charge is 0.271 e. The second-order valence-corrected chi connectivity index (χ2v) is 4.80. The fraction of sp³-hybridized carbons (Fsp3) is 0.600. The molecule has 16 heavy (non-hydrogen) atoms. The van der Waals surface area contributed by atoms with Crippen molar-refractivity contribution in [2.24, 2.45) is 5.73 Å². The van der Waals surface area contributed by atoms with Crippen molar-refractivity contribution in [3.8, 4) is 0 Å². The molecule has 6 heteroatoms. The largest absolute Gasteiger partial charge is 0.394 e. The third kappa shape index (κ3) is 3.01. The molecule has 1 amide bonds. The molecule has 0 spiro atoms. The topological polar surface area (TPSA) is 88.2 Å². The van der Waals surface area contributed by atoms with Crippen LogP contribution in [0.15, 0.2) is 5.38 Å². The monoisotopic (exact) mass is 243 g/mol. The van der Waals surface area contributed by atoms with E-state index in [1.54, 1.807) is 12.3 Å². The summed E-state index contributed by atoms with van der Waals surface area (Å²) >= 11 is 1.36. The average molecular weight is 243 g/mol. The van der Waals surface area contributed by atoms with Crippen LogP contribution < -0.4 is 11.1 Å². The number of carbonyl (C=O) groups excluding carboxylic acids is 1. The highest BCUT2D eigenvalue weighted by molar-refractivity contribution is 7.09. The van der Waals surface area contributed by atoms with E-state index in [2.05, 4.69) is 10.3 Å². The van der Waals surface area contributed by atoms with Gasteiger partial charge in [0.05, 0.1) is 12.1 Å². The SMILES string of the molecule is CCC(C)(CO)NC(=O)c1csc(CN)n1. The average Bonchev–Trinajstić information content (AvgIpc) is 2.77. The summed E-state index contributed by atoms with van der Waals surface area (Å²) in [5.74, 6) is -0.269. The molecule has 0 aliphatic carbocycles. The highest BCUT2D eigenvalue weighted by Crippen LogP contribution is 2.12. The van der Waals surface area contributed by atoms with Crippen molar-refractivity contribution in [1.82, 2.24) is 10.3 Å². The van der Waals surface area contributed by atoms with Gasteiger partial charge in [-0.05, 0) is 13.3 Å². The van der Waals surface area contributed by atoms with Crippen LogP contribution in [0.1, 0.15) is 35.8 Å². The quantitative estimate of drug-likeness (QED) is 0.702. The molecule has 90 valence electrons. The molecule has 0 aliphatic heterocycles. The van der Waals surface area contributed by atoms with E-state index in [1.165, 1.54) is 11.3 Å². The molecule has 0 bridgehead atoms. The molecule has 0 aromatic carbocycles. The normalized spacial score (nSPS) is 14.5. The minimum Gasteiger partial charge on any atom is -0.394 e. The van der Waals surface area contributed by atoms with Crippen molar-refractivity contribution in [1.29, 1.82) is 0 Å². The highest BCUT2D eigenvalue weighted by atomic mass is 32.1. The van der Waals surface area contributed by atoms with E-state index >= 15 is 0 Å². The first-order chi connectivity index (χ1) is 7.54. The van der Waals surface area contributed by atoms with Crippen molar-refractivity contribution in [2.75, 3.05) is 6.61 Å². The molecular formula is C10H17N3O2S. The van der Waals surface area contributed by atoms with Crippen LogP contribution in [0.5, 0.6) is 0 Å². The van der Waals surface area contributed by atoms with Gasteiger partial charge in [-0.25, -0.2) is 4.98 Å². The summed E-state index contributed by atoms with van der Waals surface area (Å²) in [5.41, 5.74) is 5.19. The van der Waals surface area contributed by atoms with Crippen LogP contribution in [-0.4, -0.2) is 28.1 Å². The Morgan fingerprint density at radius 2 is 2.44 bits per heavy atom. The van der Waals surface area contributed by atoms with E-state index in [1.807, 2.05) is 6.92 Å². The van der Waals surface area contributed by atoms with E-state index in [0.29, 0.717) is 18.7 Å². The molecule has 1 aromatic rings. The fourth-order valence-corrected chi connectivity index (χ4v) is 1.74. The van der Waals surface area contributed by atoms with Gasteiger partial charge in [0, 0.05) is 11.9 Å². The third-order valence-corrected chi connectivity index (χ3v) is 3.37. The van der Waals surface area contributed by atoms with Crippen molar-refractivity contribution in [3.63, 3.8) is 0 Å². The van der Waals surface area contributed by atoms with Gasteiger partial charge in [0.1, 0.15) is 10.7 Å². The predicted octanol–water partition coefficient (Wildman–Crippen LogP) is 0.493. The van der Waals surface area contributed by atoms with Crippen LogP contribution in [-0.2, 0) is 6.54 Å². The molecule has 0 saturated heterocycles. The molecule has 1 atom stereocenters. The Labute approximate surface area is 98.7 Å². The molecule has 0 fully saturated rings. The molecule has 0 saturated carbocycles. The molecule has 0 aliphatic rings. The van der Waals surface area contributed by atoms with Crippen molar-refractivity contribution in [3.05, 3.63) is 16.1 Å². The molecule has 1 rings (SSSR count). The summed E-state index contributed by atoms with van der Waals surface area (Å²) < 4.78 is 0. The molecule has 0 radical (unpaired) electrons. The summed E-state index contributed by atoms with van der Waals surface area (Å²) in [6.07, 6.45) is 0.656. The second kappa shape index (κ2) is 5.38. The molecular weight excluding hydrogens is 226 g/mol. The molecule has 1 heterocycles. The summed E-state index contributed by atoms with van der Waals surface area (Å²) in [4.78, 5) is 15.9. The molecule has 4 N–H and O–H groups in total. The van der Waals surface area contributed by atoms with Crippen molar-refractivity contribution < 1.29 is 9.90 Å². The van der Waals surface area contributed by atoms with Gasteiger partial charge in [0.15, 0.2) is 0 Å². The van der Waals surface area contributed by atoms with Gasteiger partial charge in [-0.3, -0.25) is 4.79 Å². The minimum atomic E-state index is -0.594. The standard InChI is InChI=1S/C10H17N3O2S/c1-3-10(2,6-14)13-9(15)7-5-16-8(4-11)12-7/h5,14H,3-4,6,11H2,1-2H3,(H,13,15). The number of thiazole rings is 1. The van der Waals surface area contributed by atoms with Gasteiger partial charge in [-0.2, -0.15) is 0 Å². The zero-order chi connectivity index (χ0) is 12.2. The van der Waals surface area contributed by atoms with Gasteiger partial charge in [-0.1, -0.05) is 6.92 Å². The number of nitrogens with zero attached hydrogens (tertiary/aromatic N) is 1. The number of hydrogen-bond acceptors (Lipinski definition) is 5. The number of aliphatic hydroxyl groups is 1. The Morgan fingerprint density at radius 1 is 1.75 bits per heavy atom. The number of rotatable bonds is 5. The lowest BCUT2D eigenvalue weighted by atomic mass is 10.0. The van der Waals surface area contributed by atoms with Crippen LogP contribution in [0.3, 0.4) is 0 Å².